The molecule has 6 N–H and O–H groups in total. The molecule has 1 saturated heterocycles. The SMILES string of the molecule is Nc1ccccc1CC(=O)NC1C(=O)N2C(C(=O)O)=C(CSc3nc(CS(=O)(=O)O)n[nH]3)CS[C@H]12. The molecule has 2 atom stereocenters. The highest BCUT2D eigenvalue weighted by Crippen LogP contribution is 2.41. The van der Waals surface area contributed by atoms with Crippen molar-refractivity contribution in [2.75, 3.05) is 17.2 Å². The van der Waals surface area contributed by atoms with E-state index in [4.69, 9.17) is 10.3 Å². The van der Waals surface area contributed by atoms with Gasteiger partial charge in [0.25, 0.3) is 16.0 Å². The number of nitrogens with two attached hydrogens (primary N) is 1. The number of carbonyl (C=O) groups is 3. The van der Waals surface area contributed by atoms with Crippen molar-refractivity contribution >= 4 is 57.1 Å². The number of thioether (sulfide) groups is 2. The number of fused-ring (bicyclic) bond motifs is 1. The maximum Gasteiger partial charge on any atom is 0.352 e. The Bertz CT molecular complexity index is 1330. The average Bonchev–Trinajstić information content (AvgIpc) is 3.22. The summed E-state index contributed by atoms with van der Waals surface area (Å²) in [5, 5.41) is 18.3. The zero-order chi connectivity index (χ0) is 25.3. The van der Waals surface area contributed by atoms with E-state index in [1.54, 1.807) is 24.3 Å². The lowest BCUT2D eigenvalue weighted by molar-refractivity contribution is -0.150. The molecule has 1 unspecified atom stereocenters. The van der Waals surface area contributed by atoms with Crippen molar-refractivity contribution in [1.29, 1.82) is 0 Å². The van der Waals surface area contributed by atoms with Gasteiger partial charge in [0, 0.05) is 17.2 Å². The van der Waals surface area contributed by atoms with Gasteiger partial charge in [-0.15, -0.1) is 11.8 Å². The molecule has 2 amide bonds. The molecular weight excluding hydrogens is 520 g/mol. The van der Waals surface area contributed by atoms with Crippen LogP contribution in [0, 0.1) is 0 Å². The predicted molar refractivity (Wildman–Crippen MR) is 127 cm³/mol. The number of benzene rings is 1. The van der Waals surface area contributed by atoms with Crippen molar-refractivity contribution < 1.29 is 32.5 Å². The minimum atomic E-state index is -4.29. The third kappa shape index (κ3) is 5.61. The van der Waals surface area contributed by atoms with Crippen molar-refractivity contribution in [3.8, 4) is 0 Å². The first kappa shape index (κ1) is 25.0. The number of carboxylic acids is 1. The van der Waals surface area contributed by atoms with Crippen LogP contribution in [0.2, 0.25) is 0 Å². The summed E-state index contributed by atoms with van der Waals surface area (Å²) < 4.78 is 30.8. The predicted octanol–water partition coefficient (Wildman–Crippen LogP) is -0.152. The van der Waals surface area contributed by atoms with E-state index in [2.05, 4.69) is 20.5 Å². The molecule has 0 saturated carbocycles. The van der Waals surface area contributed by atoms with Crippen LogP contribution >= 0.6 is 23.5 Å². The molecule has 2 aliphatic heterocycles. The molecular formula is C19H20N6O7S3. The van der Waals surface area contributed by atoms with Crippen molar-refractivity contribution in [1.82, 2.24) is 25.4 Å². The number of rotatable bonds is 9. The van der Waals surface area contributed by atoms with Crippen LogP contribution in [-0.4, -0.2) is 78.9 Å². The van der Waals surface area contributed by atoms with Crippen LogP contribution in [0.1, 0.15) is 11.4 Å². The van der Waals surface area contributed by atoms with E-state index >= 15 is 0 Å². The number of para-hydroxylation sites is 1. The molecule has 1 aromatic carbocycles. The summed E-state index contributed by atoms with van der Waals surface area (Å²) in [5.41, 5.74) is 7.27. The normalized spacial score (nSPS) is 19.8. The van der Waals surface area contributed by atoms with Crippen LogP contribution in [0.5, 0.6) is 0 Å². The third-order valence-corrected chi connectivity index (χ3v) is 8.09. The van der Waals surface area contributed by atoms with Crippen LogP contribution in [0.15, 0.2) is 40.7 Å². The van der Waals surface area contributed by atoms with Crippen LogP contribution in [0.3, 0.4) is 0 Å². The Balaban J connectivity index is 1.41. The first-order valence-corrected chi connectivity index (χ1v) is 13.7. The molecule has 13 nitrogen and oxygen atoms in total. The third-order valence-electron chi connectivity index (χ3n) is 5.18. The summed E-state index contributed by atoms with van der Waals surface area (Å²) >= 11 is 2.40. The Labute approximate surface area is 207 Å². The quantitative estimate of drug-likeness (QED) is 0.122. The van der Waals surface area contributed by atoms with Gasteiger partial charge in [0.1, 0.15) is 22.9 Å². The molecule has 1 fully saturated rings. The largest absolute Gasteiger partial charge is 0.477 e. The second kappa shape index (κ2) is 9.88. The van der Waals surface area contributed by atoms with Gasteiger partial charge >= 0.3 is 5.97 Å². The number of aromatic amines is 1. The van der Waals surface area contributed by atoms with Crippen molar-refractivity contribution in [3.63, 3.8) is 0 Å². The fraction of sp³-hybridized carbons (Fsp3) is 0.316. The molecule has 0 bridgehead atoms. The number of hydrogen-bond acceptors (Lipinski definition) is 10. The number of aromatic nitrogens is 3. The highest BCUT2D eigenvalue weighted by atomic mass is 32.2. The summed E-state index contributed by atoms with van der Waals surface area (Å²) in [6, 6.07) is 6.05. The number of carboxylic acid groups (broad SMARTS) is 1. The molecule has 0 aliphatic carbocycles. The van der Waals surface area contributed by atoms with E-state index in [0.29, 0.717) is 22.6 Å². The first-order valence-electron chi connectivity index (χ1n) is 10.1. The van der Waals surface area contributed by atoms with Gasteiger partial charge in [0.15, 0.2) is 11.0 Å². The van der Waals surface area contributed by atoms with Gasteiger partial charge in [0.05, 0.1) is 6.42 Å². The lowest BCUT2D eigenvalue weighted by atomic mass is 10.0. The number of β-lactam (4-membered cyclic amide) rings is 1. The van der Waals surface area contributed by atoms with Crippen molar-refractivity contribution in [3.05, 3.63) is 46.9 Å². The standard InChI is InChI=1S/C19H20N6O7S3/c20-11-4-2-1-3-9(11)5-13(26)22-14-16(27)25-15(18(28)29)10(6-33-17(14)25)7-34-19-21-12(23-24-19)8-35(30,31)32/h1-4,14,17H,5-8,20H2,(H,22,26)(H,28,29)(H,21,23,24)(H,30,31,32)/t14?,17-/m1/s1. The lowest BCUT2D eigenvalue weighted by Gasteiger charge is -2.49. The summed E-state index contributed by atoms with van der Waals surface area (Å²) in [6.07, 6.45) is -0.00584. The van der Waals surface area contributed by atoms with Gasteiger partial charge in [-0.3, -0.25) is 24.1 Å². The molecule has 186 valence electrons. The van der Waals surface area contributed by atoms with Crippen molar-refractivity contribution in [2.45, 2.75) is 28.7 Å². The molecule has 0 spiro atoms. The Morgan fingerprint density at radius 3 is 2.77 bits per heavy atom. The van der Waals surface area contributed by atoms with Crippen LogP contribution in [0.4, 0.5) is 5.69 Å². The van der Waals surface area contributed by atoms with Gasteiger partial charge in [-0.2, -0.15) is 13.5 Å². The zero-order valence-electron chi connectivity index (χ0n) is 17.9. The highest BCUT2D eigenvalue weighted by Gasteiger charge is 2.54. The molecule has 0 radical (unpaired) electrons. The average molecular weight is 541 g/mol. The summed E-state index contributed by atoms with van der Waals surface area (Å²) in [4.78, 5) is 42.3. The Kier molecular flexibility index (Phi) is 7.07. The van der Waals surface area contributed by atoms with Crippen LogP contribution < -0.4 is 11.1 Å². The zero-order valence-corrected chi connectivity index (χ0v) is 20.3. The molecule has 35 heavy (non-hydrogen) atoms. The van der Waals surface area contributed by atoms with Gasteiger partial charge in [-0.05, 0) is 17.2 Å². The second-order valence-corrected chi connectivity index (χ2v) is 11.2. The monoisotopic (exact) mass is 540 g/mol. The Morgan fingerprint density at radius 2 is 2.09 bits per heavy atom. The summed E-state index contributed by atoms with van der Waals surface area (Å²) in [6.45, 7) is 0. The number of aliphatic carboxylic acids is 1. The second-order valence-electron chi connectivity index (χ2n) is 7.66. The van der Waals surface area contributed by atoms with Gasteiger partial charge in [-0.1, -0.05) is 30.0 Å². The van der Waals surface area contributed by atoms with E-state index < -0.39 is 45.1 Å². The highest BCUT2D eigenvalue weighted by molar-refractivity contribution is 8.01. The number of amides is 2. The fourth-order valence-corrected chi connectivity index (χ4v) is 6.37. The van der Waals surface area contributed by atoms with E-state index in [1.165, 1.54) is 16.7 Å². The van der Waals surface area contributed by atoms with Crippen LogP contribution in [0.25, 0.3) is 0 Å². The van der Waals surface area contributed by atoms with Crippen LogP contribution in [-0.2, 0) is 36.7 Å². The maximum atomic E-state index is 12.8. The van der Waals surface area contributed by atoms with E-state index in [-0.39, 0.29) is 28.9 Å². The van der Waals surface area contributed by atoms with Gasteiger partial charge in [0.2, 0.25) is 5.91 Å². The number of nitrogens with zero attached hydrogens (tertiary/aromatic N) is 3. The smallest absolute Gasteiger partial charge is 0.352 e. The summed E-state index contributed by atoms with van der Waals surface area (Å²) in [5.74, 6) is -2.62. The van der Waals surface area contributed by atoms with E-state index in [9.17, 15) is 27.9 Å². The lowest BCUT2D eigenvalue weighted by Crippen LogP contribution is -2.70. The molecule has 2 aromatic rings. The number of anilines is 1. The number of nitrogen functional groups attached to an aromatic ring is 1. The number of hydrogen-bond donors (Lipinski definition) is 5. The topological polar surface area (TPSA) is 209 Å². The Hall–Kier alpha value is -3.08. The fourth-order valence-electron chi connectivity index (χ4n) is 3.61. The van der Waals surface area contributed by atoms with Crippen molar-refractivity contribution in [2.24, 2.45) is 0 Å². The number of H-pyrrole nitrogens is 1. The molecule has 16 heteroatoms. The maximum absolute atomic E-state index is 12.8. The minimum Gasteiger partial charge on any atom is -0.477 e. The molecule has 4 rings (SSSR count). The molecule has 2 aliphatic rings. The summed E-state index contributed by atoms with van der Waals surface area (Å²) in [7, 11) is -4.29. The van der Waals surface area contributed by atoms with E-state index in [0.717, 1.165) is 11.8 Å². The Morgan fingerprint density at radius 1 is 1.34 bits per heavy atom. The minimum absolute atomic E-state index is 0.00584. The van der Waals surface area contributed by atoms with Gasteiger partial charge in [-0.25, -0.2) is 9.78 Å². The number of carbonyl (C=O) groups excluding carboxylic acids is 2. The van der Waals surface area contributed by atoms with E-state index in [1.807, 2.05) is 0 Å². The first-order chi connectivity index (χ1) is 16.5. The molecule has 3 heterocycles. The molecule has 1 aromatic heterocycles. The van der Waals surface area contributed by atoms with Gasteiger partial charge < -0.3 is 16.2 Å². The number of nitrogens with one attached hydrogen (secondary N) is 2.